The standard InChI is InChI=1S/C12H15NO3/c1-9(10(2)14)13(12(15)16)8-11-6-4-3-5-7-11/h3-7,9H,8H2,1-2H3,(H,15,16)/t9-/m0/s1. The molecule has 0 aliphatic rings. The van der Waals surface area contributed by atoms with Crippen molar-refractivity contribution in [3.63, 3.8) is 0 Å². The van der Waals surface area contributed by atoms with Crippen LogP contribution in [0.3, 0.4) is 0 Å². The van der Waals surface area contributed by atoms with Gasteiger partial charge < -0.3 is 5.11 Å². The summed E-state index contributed by atoms with van der Waals surface area (Å²) in [6.45, 7) is 3.22. The molecule has 0 aliphatic carbocycles. The van der Waals surface area contributed by atoms with Crippen molar-refractivity contribution in [2.45, 2.75) is 26.4 Å². The quantitative estimate of drug-likeness (QED) is 0.847. The number of Topliss-reactive ketones (excluding diaryl/α,β-unsaturated/α-hetero) is 1. The lowest BCUT2D eigenvalue weighted by molar-refractivity contribution is -0.121. The summed E-state index contributed by atoms with van der Waals surface area (Å²) in [5.41, 5.74) is 0.873. The van der Waals surface area contributed by atoms with Crippen molar-refractivity contribution in [3.05, 3.63) is 35.9 Å². The fourth-order valence-corrected chi connectivity index (χ4v) is 1.37. The highest BCUT2D eigenvalue weighted by atomic mass is 16.4. The Morgan fingerprint density at radius 3 is 2.31 bits per heavy atom. The van der Waals surface area contributed by atoms with Crippen LogP contribution in [-0.2, 0) is 11.3 Å². The van der Waals surface area contributed by atoms with Crippen molar-refractivity contribution in [1.82, 2.24) is 4.90 Å². The third-order valence-electron chi connectivity index (χ3n) is 2.50. The average molecular weight is 221 g/mol. The van der Waals surface area contributed by atoms with E-state index in [4.69, 9.17) is 5.11 Å². The number of carbonyl (C=O) groups excluding carboxylic acids is 1. The van der Waals surface area contributed by atoms with Crippen LogP contribution in [0.2, 0.25) is 0 Å². The molecule has 0 aromatic heterocycles. The fourth-order valence-electron chi connectivity index (χ4n) is 1.37. The number of benzene rings is 1. The highest BCUT2D eigenvalue weighted by molar-refractivity contribution is 5.84. The molecule has 0 saturated heterocycles. The van der Waals surface area contributed by atoms with E-state index in [1.165, 1.54) is 6.92 Å². The van der Waals surface area contributed by atoms with Crippen molar-refractivity contribution in [2.75, 3.05) is 0 Å². The third-order valence-corrected chi connectivity index (χ3v) is 2.50. The highest BCUT2D eigenvalue weighted by Crippen LogP contribution is 2.09. The van der Waals surface area contributed by atoms with Crippen LogP contribution in [0.1, 0.15) is 19.4 Å². The largest absolute Gasteiger partial charge is 0.465 e. The van der Waals surface area contributed by atoms with Crippen LogP contribution in [-0.4, -0.2) is 27.9 Å². The van der Waals surface area contributed by atoms with E-state index in [2.05, 4.69) is 0 Å². The zero-order valence-corrected chi connectivity index (χ0v) is 9.38. The summed E-state index contributed by atoms with van der Waals surface area (Å²) in [4.78, 5) is 23.3. The summed E-state index contributed by atoms with van der Waals surface area (Å²) in [6.07, 6.45) is -1.08. The molecule has 1 N–H and O–H groups in total. The van der Waals surface area contributed by atoms with E-state index in [0.717, 1.165) is 10.5 Å². The normalized spacial score (nSPS) is 11.9. The van der Waals surface area contributed by atoms with Gasteiger partial charge in [-0.2, -0.15) is 0 Å². The third kappa shape index (κ3) is 3.08. The van der Waals surface area contributed by atoms with Gasteiger partial charge in [-0.15, -0.1) is 0 Å². The zero-order chi connectivity index (χ0) is 12.1. The molecule has 0 bridgehead atoms. The lowest BCUT2D eigenvalue weighted by Gasteiger charge is -2.24. The van der Waals surface area contributed by atoms with Crippen molar-refractivity contribution in [1.29, 1.82) is 0 Å². The molecule has 0 saturated carbocycles. The predicted octanol–water partition coefficient (Wildman–Crippen LogP) is 2.14. The summed E-state index contributed by atoms with van der Waals surface area (Å²) in [5.74, 6) is -0.154. The molecule has 4 heteroatoms. The van der Waals surface area contributed by atoms with E-state index in [9.17, 15) is 9.59 Å². The zero-order valence-electron chi connectivity index (χ0n) is 9.38. The maximum Gasteiger partial charge on any atom is 0.408 e. The van der Waals surface area contributed by atoms with E-state index >= 15 is 0 Å². The Bertz CT molecular complexity index is 375. The minimum absolute atomic E-state index is 0.154. The smallest absolute Gasteiger partial charge is 0.408 e. The van der Waals surface area contributed by atoms with Gasteiger partial charge in [-0.1, -0.05) is 30.3 Å². The second-order valence-corrected chi connectivity index (χ2v) is 3.68. The van der Waals surface area contributed by atoms with E-state index in [0.29, 0.717) is 0 Å². The summed E-state index contributed by atoms with van der Waals surface area (Å²) in [5, 5.41) is 9.03. The maximum atomic E-state index is 11.2. The Morgan fingerprint density at radius 2 is 1.88 bits per heavy atom. The van der Waals surface area contributed by atoms with Crippen LogP contribution in [0.15, 0.2) is 30.3 Å². The number of carbonyl (C=O) groups is 2. The number of amides is 1. The molecule has 4 nitrogen and oxygen atoms in total. The minimum atomic E-state index is -1.08. The first-order valence-electron chi connectivity index (χ1n) is 5.06. The summed E-state index contributed by atoms with van der Waals surface area (Å²) >= 11 is 0. The van der Waals surface area contributed by atoms with Crippen LogP contribution < -0.4 is 0 Å². The molecule has 86 valence electrons. The van der Waals surface area contributed by atoms with E-state index in [1.54, 1.807) is 6.92 Å². The van der Waals surface area contributed by atoms with E-state index < -0.39 is 12.1 Å². The van der Waals surface area contributed by atoms with Crippen molar-refractivity contribution in [2.24, 2.45) is 0 Å². The summed E-state index contributed by atoms with van der Waals surface area (Å²) < 4.78 is 0. The molecule has 16 heavy (non-hydrogen) atoms. The first kappa shape index (κ1) is 12.2. The second-order valence-electron chi connectivity index (χ2n) is 3.68. The molecular formula is C12H15NO3. The fraction of sp³-hybridized carbons (Fsp3) is 0.333. The molecule has 0 aliphatic heterocycles. The van der Waals surface area contributed by atoms with E-state index in [-0.39, 0.29) is 12.3 Å². The first-order chi connectivity index (χ1) is 7.52. The van der Waals surface area contributed by atoms with Gasteiger partial charge in [0, 0.05) is 6.54 Å². The van der Waals surface area contributed by atoms with Crippen molar-refractivity contribution >= 4 is 11.9 Å². The number of hydrogen-bond acceptors (Lipinski definition) is 2. The summed E-state index contributed by atoms with van der Waals surface area (Å²) in [6, 6.07) is 8.61. The van der Waals surface area contributed by atoms with Gasteiger partial charge in [0.2, 0.25) is 0 Å². The molecule has 0 spiro atoms. The summed E-state index contributed by atoms with van der Waals surface area (Å²) in [7, 11) is 0. The van der Waals surface area contributed by atoms with Crippen LogP contribution in [0.4, 0.5) is 4.79 Å². The molecule has 0 unspecified atom stereocenters. The topological polar surface area (TPSA) is 57.6 Å². The molecular weight excluding hydrogens is 206 g/mol. The Morgan fingerprint density at radius 1 is 1.31 bits per heavy atom. The number of rotatable bonds is 4. The van der Waals surface area contributed by atoms with Gasteiger partial charge in [0.05, 0.1) is 6.04 Å². The average Bonchev–Trinajstić information content (AvgIpc) is 2.26. The lowest BCUT2D eigenvalue weighted by atomic mass is 10.1. The maximum absolute atomic E-state index is 11.2. The molecule has 0 heterocycles. The van der Waals surface area contributed by atoms with E-state index in [1.807, 2.05) is 30.3 Å². The van der Waals surface area contributed by atoms with Crippen molar-refractivity contribution in [3.8, 4) is 0 Å². The van der Waals surface area contributed by atoms with Gasteiger partial charge in [0.25, 0.3) is 0 Å². The molecule has 1 aromatic rings. The van der Waals surface area contributed by atoms with Crippen LogP contribution in [0.25, 0.3) is 0 Å². The molecule has 0 fully saturated rings. The Balaban J connectivity index is 2.81. The molecule has 1 rings (SSSR count). The van der Waals surface area contributed by atoms with Gasteiger partial charge >= 0.3 is 6.09 Å². The Hall–Kier alpha value is -1.84. The highest BCUT2D eigenvalue weighted by Gasteiger charge is 2.22. The number of ketones is 1. The van der Waals surface area contributed by atoms with Gasteiger partial charge in [0.15, 0.2) is 5.78 Å². The monoisotopic (exact) mass is 221 g/mol. The van der Waals surface area contributed by atoms with Gasteiger partial charge in [-0.25, -0.2) is 4.79 Å². The molecule has 1 atom stereocenters. The van der Waals surface area contributed by atoms with Gasteiger partial charge in [0.1, 0.15) is 0 Å². The second kappa shape index (κ2) is 5.30. The Labute approximate surface area is 94.5 Å². The number of hydrogen-bond donors (Lipinski definition) is 1. The van der Waals surface area contributed by atoms with Gasteiger partial charge in [-0.3, -0.25) is 9.69 Å². The first-order valence-corrected chi connectivity index (χ1v) is 5.06. The minimum Gasteiger partial charge on any atom is -0.465 e. The van der Waals surface area contributed by atoms with Crippen LogP contribution in [0, 0.1) is 0 Å². The Kier molecular flexibility index (Phi) is 4.05. The van der Waals surface area contributed by atoms with Gasteiger partial charge in [-0.05, 0) is 19.4 Å². The number of carboxylic acid groups (broad SMARTS) is 1. The molecule has 0 radical (unpaired) electrons. The van der Waals surface area contributed by atoms with Crippen molar-refractivity contribution < 1.29 is 14.7 Å². The SMILES string of the molecule is CC(=O)[C@H](C)N(Cc1ccccc1)C(=O)O. The van der Waals surface area contributed by atoms with Crippen LogP contribution in [0.5, 0.6) is 0 Å². The lowest BCUT2D eigenvalue weighted by Crippen LogP contribution is -2.41. The molecule has 1 aromatic carbocycles. The number of nitrogens with zero attached hydrogens (tertiary/aromatic N) is 1. The van der Waals surface area contributed by atoms with Crippen LogP contribution >= 0.6 is 0 Å². The molecule has 1 amide bonds. The predicted molar refractivity (Wildman–Crippen MR) is 60.2 cm³/mol.